The van der Waals surface area contributed by atoms with Crippen LogP contribution in [-0.4, -0.2) is 51.6 Å². The molecule has 0 aromatic heterocycles. The second-order valence-corrected chi connectivity index (χ2v) is 7.50. The normalized spacial score (nSPS) is 15.4. The van der Waals surface area contributed by atoms with E-state index in [9.17, 15) is 13.2 Å². The number of esters is 1. The second kappa shape index (κ2) is 8.31. The number of hydrogen-bond donors (Lipinski definition) is 0. The molecule has 1 saturated heterocycles. The molecule has 2 aromatic carbocycles. The van der Waals surface area contributed by atoms with Crippen LogP contribution < -0.4 is 9.47 Å². The molecular formula is C18H19NO6S. The Hall–Kier alpha value is -2.42. The van der Waals surface area contributed by atoms with E-state index < -0.39 is 16.0 Å². The highest BCUT2D eigenvalue weighted by Crippen LogP contribution is 2.20. The molecule has 0 amide bonds. The summed E-state index contributed by atoms with van der Waals surface area (Å²) < 4.78 is 42.1. The van der Waals surface area contributed by atoms with E-state index in [1.165, 1.54) is 28.6 Å². The fourth-order valence-electron chi connectivity index (χ4n) is 2.44. The van der Waals surface area contributed by atoms with Gasteiger partial charge < -0.3 is 14.2 Å². The van der Waals surface area contributed by atoms with Crippen LogP contribution in [-0.2, 0) is 19.6 Å². The summed E-state index contributed by atoms with van der Waals surface area (Å²) in [4.78, 5) is 12.0. The van der Waals surface area contributed by atoms with Crippen LogP contribution in [0.3, 0.4) is 0 Å². The lowest BCUT2D eigenvalue weighted by Gasteiger charge is -2.26. The van der Waals surface area contributed by atoms with E-state index in [2.05, 4.69) is 0 Å². The van der Waals surface area contributed by atoms with Gasteiger partial charge in [0.25, 0.3) is 0 Å². The molecule has 0 atom stereocenters. The van der Waals surface area contributed by atoms with Gasteiger partial charge in [0.05, 0.1) is 18.1 Å². The SMILES string of the molecule is O=C(COc1ccccc1)Oc1ccc(S(=O)(=O)N2CCOCC2)cc1. The van der Waals surface area contributed by atoms with Gasteiger partial charge in [-0.3, -0.25) is 0 Å². The lowest BCUT2D eigenvalue weighted by atomic mass is 10.3. The highest BCUT2D eigenvalue weighted by Gasteiger charge is 2.26. The Bertz CT molecular complexity index is 830. The maximum atomic E-state index is 12.5. The van der Waals surface area contributed by atoms with E-state index in [1.54, 1.807) is 24.3 Å². The van der Waals surface area contributed by atoms with Crippen molar-refractivity contribution in [1.29, 1.82) is 0 Å². The summed E-state index contributed by atoms with van der Waals surface area (Å²) in [5, 5.41) is 0. The maximum Gasteiger partial charge on any atom is 0.349 e. The molecule has 1 heterocycles. The van der Waals surface area contributed by atoms with E-state index in [-0.39, 0.29) is 17.3 Å². The molecule has 0 saturated carbocycles. The van der Waals surface area contributed by atoms with Gasteiger partial charge in [0.1, 0.15) is 11.5 Å². The first-order valence-corrected chi connectivity index (χ1v) is 9.56. The van der Waals surface area contributed by atoms with Crippen molar-refractivity contribution in [2.75, 3.05) is 32.9 Å². The van der Waals surface area contributed by atoms with Gasteiger partial charge >= 0.3 is 5.97 Å². The molecule has 0 aliphatic carbocycles. The van der Waals surface area contributed by atoms with E-state index >= 15 is 0 Å². The van der Waals surface area contributed by atoms with Gasteiger partial charge in [-0.2, -0.15) is 4.31 Å². The van der Waals surface area contributed by atoms with Crippen LogP contribution in [0, 0.1) is 0 Å². The zero-order chi connectivity index (χ0) is 18.4. The summed E-state index contributed by atoms with van der Waals surface area (Å²) in [5.74, 6) is 0.252. The van der Waals surface area contributed by atoms with Crippen LogP contribution in [0.15, 0.2) is 59.5 Å². The fraction of sp³-hybridized carbons (Fsp3) is 0.278. The number of sulfonamides is 1. The van der Waals surface area contributed by atoms with Gasteiger partial charge in [0, 0.05) is 13.1 Å². The molecule has 1 fully saturated rings. The minimum absolute atomic E-state index is 0.153. The number of para-hydroxylation sites is 1. The standard InChI is InChI=1S/C18H19NO6S/c20-18(14-24-15-4-2-1-3-5-15)25-16-6-8-17(9-7-16)26(21,22)19-10-12-23-13-11-19/h1-9H,10-14H2. The maximum absolute atomic E-state index is 12.5. The first-order chi connectivity index (χ1) is 12.6. The minimum atomic E-state index is -3.57. The predicted molar refractivity (Wildman–Crippen MR) is 93.6 cm³/mol. The van der Waals surface area contributed by atoms with Crippen molar-refractivity contribution in [3.63, 3.8) is 0 Å². The van der Waals surface area contributed by atoms with Gasteiger partial charge in [-0.25, -0.2) is 13.2 Å². The number of rotatable bonds is 6. The topological polar surface area (TPSA) is 82.1 Å². The van der Waals surface area contributed by atoms with E-state index in [0.717, 1.165) is 0 Å². The van der Waals surface area contributed by atoms with Crippen molar-refractivity contribution in [2.45, 2.75) is 4.90 Å². The van der Waals surface area contributed by atoms with Crippen molar-refractivity contribution in [3.8, 4) is 11.5 Å². The smallest absolute Gasteiger partial charge is 0.349 e. The number of nitrogens with zero attached hydrogens (tertiary/aromatic N) is 1. The van der Waals surface area contributed by atoms with Crippen molar-refractivity contribution in [3.05, 3.63) is 54.6 Å². The van der Waals surface area contributed by atoms with Gasteiger partial charge in [-0.15, -0.1) is 0 Å². The molecule has 2 aromatic rings. The van der Waals surface area contributed by atoms with Crippen molar-refractivity contribution >= 4 is 16.0 Å². The molecule has 7 nitrogen and oxygen atoms in total. The number of carbonyl (C=O) groups is 1. The van der Waals surface area contributed by atoms with Crippen LogP contribution in [0.4, 0.5) is 0 Å². The van der Waals surface area contributed by atoms with Crippen molar-refractivity contribution in [2.24, 2.45) is 0 Å². The Morgan fingerprint density at radius 1 is 0.962 bits per heavy atom. The monoisotopic (exact) mass is 377 g/mol. The van der Waals surface area contributed by atoms with E-state index in [4.69, 9.17) is 14.2 Å². The zero-order valence-electron chi connectivity index (χ0n) is 14.0. The van der Waals surface area contributed by atoms with Crippen LogP contribution in [0.1, 0.15) is 0 Å². The summed E-state index contributed by atoms with van der Waals surface area (Å²) in [7, 11) is -3.57. The number of ether oxygens (including phenoxy) is 3. The molecule has 1 aliphatic heterocycles. The van der Waals surface area contributed by atoms with Gasteiger partial charge in [-0.05, 0) is 36.4 Å². The minimum Gasteiger partial charge on any atom is -0.482 e. The van der Waals surface area contributed by atoms with Crippen molar-refractivity contribution < 1.29 is 27.4 Å². The van der Waals surface area contributed by atoms with Crippen molar-refractivity contribution in [1.82, 2.24) is 4.31 Å². The molecule has 0 bridgehead atoms. The molecule has 0 radical (unpaired) electrons. The second-order valence-electron chi connectivity index (χ2n) is 5.56. The lowest BCUT2D eigenvalue weighted by Crippen LogP contribution is -2.40. The first-order valence-electron chi connectivity index (χ1n) is 8.12. The number of benzene rings is 2. The molecule has 1 aliphatic rings. The number of morpholine rings is 1. The van der Waals surface area contributed by atoms with Crippen LogP contribution >= 0.6 is 0 Å². The lowest BCUT2D eigenvalue weighted by molar-refractivity contribution is -0.136. The fourth-order valence-corrected chi connectivity index (χ4v) is 3.84. The molecular weight excluding hydrogens is 358 g/mol. The van der Waals surface area contributed by atoms with Crippen LogP contribution in [0.2, 0.25) is 0 Å². The van der Waals surface area contributed by atoms with Gasteiger partial charge in [0.15, 0.2) is 6.61 Å². The molecule has 138 valence electrons. The summed E-state index contributed by atoms with van der Waals surface area (Å²) in [6, 6.07) is 14.7. The summed E-state index contributed by atoms with van der Waals surface area (Å²) in [5.41, 5.74) is 0. The third kappa shape index (κ3) is 4.60. The molecule has 0 spiro atoms. The number of carbonyl (C=O) groups excluding carboxylic acids is 1. The summed E-state index contributed by atoms with van der Waals surface area (Å²) >= 11 is 0. The average molecular weight is 377 g/mol. The molecule has 26 heavy (non-hydrogen) atoms. The Kier molecular flexibility index (Phi) is 5.87. The molecule has 0 unspecified atom stereocenters. The Balaban J connectivity index is 1.58. The molecule has 8 heteroatoms. The van der Waals surface area contributed by atoms with Crippen LogP contribution in [0.25, 0.3) is 0 Å². The van der Waals surface area contributed by atoms with Gasteiger partial charge in [-0.1, -0.05) is 18.2 Å². The zero-order valence-corrected chi connectivity index (χ0v) is 14.9. The van der Waals surface area contributed by atoms with Gasteiger partial charge in [0.2, 0.25) is 10.0 Å². The highest BCUT2D eigenvalue weighted by molar-refractivity contribution is 7.89. The van der Waals surface area contributed by atoms with E-state index in [1.807, 2.05) is 6.07 Å². The third-order valence-electron chi connectivity index (χ3n) is 3.76. The Labute approximate surface area is 152 Å². The Morgan fingerprint density at radius 3 is 2.27 bits per heavy atom. The van der Waals surface area contributed by atoms with Crippen LogP contribution in [0.5, 0.6) is 11.5 Å². The largest absolute Gasteiger partial charge is 0.482 e. The quantitative estimate of drug-likeness (QED) is 0.563. The first kappa shape index (κ1) is 18.4. The third-order valence-corrected chi connectivity index (χ3v) is 5.68. The molecule has 3 rings (SSSR count). The summed E-state index contributed by atoms with van der Waals surface area (Å²) in [6.07, 6.45) is 0. The average Bonchev–Trinajstić information content (AvgIpc) is 2.68. The number of hydrogen-bond acceptors (Lipinski definition) is 6. The van der Waals surface area contributed by atoms with E-state index in [0.29, 0.717) is 32.1 Å². The predicted octanol–water partition coefficient (Wildman–Crippen LogP) is 1.69. The summed E-state index contributed by atoms with van der Waals surface area (Å²) in [6.45, 7) is 1.19. The molecule has 0 N–H and O–H groups in total. The Morgan fingerprint density at radius 2 is 1.62 bits per heavy atom. The highest BCUT2D eigenvalue weighted by atomic mass is 32.2.